The number of rotatable bonds is 3. The second kappa shape index (κ2) is 4.56. The molecule has 2 rings (SSSR count). The third-order valence-electron chi connectivity index (χ3n) is 2.40. The Labute approximate surface area is 90.1 Å². The molecule has 0 N–H and O–H groups in total. The largest absolute Gasteiger partial charge is 0.260 e. The Kier molecular flexibility index (Phi) is 2.93. The molecule has 0 bridgehead atoms. The Morgan fingerprint density at radius 3 is 2.33 bits per heavy atom. The SMILES string of the molecule is C=CC(c1ccccc1)c1ccccn1. The molecule has 0 spiro atoms. The van der Waals surface area contributed by atoms with Crippen LogP contribution in [0.1, 0.15) is 17.2 Å². The van der Waals surface area contributed by atoms with Crippen LogP contribution in [-0.4, -0.2) is 4.98 Å². The molecule has 0 radical (unpaired) electrons. The second-order valence-corrected chi connectivity index (χ2v) is 3.38. The van der Waals surface area contributed by atoms with Gasteiger partial charge in [0.15, 0.2) is 0 Å². The van der Waals surface area contributed by atoms with Crippen LogP contribution in [0.4, 0.5) is 0 Å². The topological polar surface area (TPSA) is 12.9 Å². The molecule has 0 aliphatic heterocycles. The molecule has 15 heavy (non-hydrogen) atoms. The fourth-order valence-corrected chi connectivity index (χ4v) is 1.65. The third kappa shape index (κ3) is 2.13. The summed E-state index contributed by atoms with van der Waals surface area (Å²) in [6, 6.07) is 16.2. The van der Waals surface area contributed by atoms with Crippen molar-refractivity contribution in [2.24, 2.45) is 0 Å². The van der Waals surface area contributed by atoms with E-state index in [9.17, 15) is 0 Å². The lowest BCUT2D eigenvalue weighted by Crippen LogP contribution is -1.99. The summed E-state index contributed by atoms with van der Waals surface area (Å²) in [5.41, 5.74) is 2.27. The summed E-state index contributed by atoms with van der Waals surface area (Å²) in [6.45, 7) is 3.87. The fourth-order valence-electron chi connectivity index (χ4n) is 1.65. The van der Waals surface area contributed by atoms with E-state index in [1.165, 1.54) is 5.56 Å². The zero-order valence-electron chi connectivity index (χ0n) is 8.51. The van der Waals surface area contributed by atoms with E-state index in [1.807, 2.05) is 48.7 Å². The number of benzene rings is 1. The highest BCUT2D eigenvalue weighted by Gasteiger charge is 2.09. The Balaban J connectivity index is 2.38. The standard InChI is InChI=1S/C14H13N/c1-2-13(12-8-4-3-5-9-12)14-10-6-7-11-15-14/h2-11,13H,1H2. The van der Waals surface area contributed by atoms with Crippen LogP contribution in [0, 0.1) is 0 Å². The monoisotopic (exact) mass is 195 g/mol. The first-order valence-corrected chi connectivity index (χ1v) is 5.00. The van der Waals surface area contributed by atoms with E-state index in [0.717, 1.165) is 5.69 Å². The molecule has 2 aromatic rings. The molecular weight excluding hydrogens is 182 g/mol. The molecule has 0 aliphatic rings. The van der Waals surface area contributed by atoms with Gasteiger partial charge in [0, 0.05) is 12.1 Å². The fraction of sp³-hybridized carbons (Fsp3) is 0.0714. The Morgan fingerprint density at radius 2 is 1.73 bits per heavy atom. The van der Waals surface area contributed by atoms with Gasteiger partial charge >= 0.3 is 0 Å². The zero-order chi connectivity index (χ0) is 10.5. The van der Waals surface area contributed by atoms with Crippen molar-refractivity contribution in [2.75, 3.05) is 0 Å². The van der Waals surface area contributed by atoms with Gasteiger partial charge in [0.2, 0.25) is 0 Å². The van der Waals surface area contributed by atoms with E-state index >= 15 is 0 Å². The summed E-state index contributed by atoms with van der Waals surface area (Å²) in [6.07, 6.45) is 3.74. The van der Waals surface area contributed by atoms with Gasteiger partial charge in [-0.3, -0.25) is 4.98 Å². The van der Waals surface area contributed by atoms with E-state index in [2.05, 4.69) is 23.7 Å². The molecule has 0 amide bonds. The van der Waals surface area contributed by atoms with Gasteiger partial charge in [-0.15, -0.1) is 6.58 Å². The van der Waals surface area contributed by atoms with Crippen molar-refractivity contribution in [1.29, 1.82) is 0 Å². The van der Waals surface area contributed by atoms with Gasteiger partial charge in [-0.1, -0.05) is 42.5 Å². The minimum Gasteiger partial charge on any atom is -0.260 e. The van der Waals surface area contributed by atoms with Crippen LogP contribution < -0.4 is 0 Å². The average molecular weight is 195 g/mol. The number of hydrogen-bond donors (Lipinski definition) is 0. The predicted octanol–water partition coefficient (Wildman–Crippen LogP) is 3.40. The molecule has 0 saturated heterocycles. The molecule has 74 valence electrons. The number of nitrogens with zero attached hydrogens (tertiary/aromatic N) is 1. The molecule has 1 heterocycles. The van der Waals surface area contributed by atoms with Crippen LogP contribution in [0.25, 0.3) is 0 Å². The molecule has 1 heteroatoms. The molecule has 1 nitrogen and oxygen atoms in total. The van der Waals surface area contributed by atoms with Crippen molar-refractivity contribution in [3.05, 3.63) is 78.6 Å². The van der Waals surface area contributed by atoms with Gasteiger partial charge in [0.05, 0.1) is 5.69 Å². The van der Waals surface area contributed by atoms with Crippen LogP contribution in [0.5, 0.6) is 0 Å². The van der Waals surface area contributed by atoms with Gasteiger partial charge in [-0.2, -0.15) is 0 Å². The lowest BCUT2D eigenvalue weighted by atomic mass is 9.95. The molecule has 0 saturated carbocycles. The first-order chi connectivity index (χ1) is 7.42. The van der Waals surface area contributed by atoms with Crippen LogP contribution in [-0.2, 0) is 0 Å². The summed E-state index contributed by atoms with van der Waals surface area (Å²) in [5, 5.41) is 0. The molecule has 0 fully saturated rings. The Bertz CT molecular complexity index is 380. The maximum atomic E-state index is 4.36. The van der Waals surface area contributed by atoms with Gasteiger partial charge < -0.3 is 0 Å². The molecule has 0 aliphatic carbocycles. The minimum atomic E-state index is 0.187. The zero-order valence-corrected chi connectivity index (χ0v) is 8.51. The smallest absolute Gasteiger partial charge is 0.0516 e. The number of allylic oxidation sites excluding steroid dienone is 1. The second-order valence-electron chi connectivity index (χ2n) is 3.38. The van der Waals surface area contributed by atoms with Crippen molar-refractivity contribution >= 4 is 0 Å². The van der Waals surface area contributed by atoms with E-state index in [-0.39, 0.29) is 5.92 Å². The van der Waals surface area contributed by atoms with Crippen molar-refractivity contribution in [1.82, 2.24) is 4.98 Å². The molecule has 1 atom stereocenters. The predicted molar refractivity (Wildman–Crippen MR) is 62.7 cm³/mol. The normalized spacial score (nSPS) is 12.0. The summed E-state index contributed by atoms with van der Waals surface area (Å²) < 4.78 is 0. The van der Waals surface area contributed by atoms with Crippen LogP contribution >= 0.6 is 0 Å². The average Bonchev–Trinajstić information content (AvgIpc) is 2.33. The third-order valence-corrected chi connectivity index (χ3v) is 2.40. The highest BCUT2D eigenvalue weighted by atomic mass is 14.7. The first kappa shape index (κ1) is 9.66. The van der Waals surface area contributed by atoms with Crippen molar-refractivity contribution in [2.45, 2.75) is 5.92 Å². The number of aromatic nitrogens is 1. The molecule has 1 aromatic carbocycles. The lowest BCUT2D eigenvalue weighted by molar-refractivity contribution is 0.957. The highest BCUT2D eigenvalue weighted by molar-refractivity contribution is 5.32. The van der Waals surface area contributed by atoms with Crippen LogP contribution in [0.3, 0.4) is 0 Å². The highest BCUT2D eigenvalue weighted by Crippen LogP contribution is 2.23. The minimum absolute atomic E-state index is 0.187. The van der Waals surface area contributed by atoms with Crippen LogP contribution in [0.15, 0.2) is 67.4 Å². The van der Waals surface area contributed by atoms with Gasteiger partial charge in [-0.05, 0) is 17.7 Å². The molecule has 1 aromatic heterocycles. The van der Waals surface area contributed by atoms with Crippen molar-refractivity contribution < 1.29 is 0 Å². The van der Waals surface area contributed by atoms with Crippen molar-refractivity contribution in [3.8, 4) is 0 Å². The number of pyridine rings is 1. The first-order valence-electron chi connectivity index (χ1n) is 5.00. The van der Waals surface area contributed by atoms with Gasteiger partial charge in [0.25, 0.3) is 0 Å². The summed E-state index contributed by atoms with van der Waals surface area (Å²) in [7, 11) is 0. The summed E-state index contributed by atoms with van der Waals surface area (Å²) >= 11 is 0. The maximum absolute atomic E-state index is 4.36. The van der Waals surface area contributed by atoms with E-state index in [0.29, 0.717) is 0 Å². The Hall–Kier alpha value is -1.89. The van der Waals surface area contributed by atoms with Gasteiger partial charge in [-0.25, -0.2) is 0 Å². The summed E-state index contributed by atoms with van der Waals surface area (Å²) in [5.74, 6) is 0.187. The van der Waals surface area contributed by atoms with E-state index in [4.69, 9.17) is 0 Å². The Morgan fingerprint density at radius 1 is 1.00 bits per heavy atom. The molecule has 1 unspecified atom stereocenters. The van der Waals surface area contributed by atoms with Crippen molar-refractivity contribution in [3.63, 3.8) is 0 Å². The summed E-state index contributed by atoms with van der Waals surface area (Å²) in [4.78, 5) is 4.36. The molecular formula is C14H13N. The maximum Gasteiger partial charge on any atom is 0.0516 e. The number of hydrogen-bond acceptors (Lipinski definition) is 1. The lowest BCUT2D eigenvalue weighted by Gasteiger charge is -2.11. The van der Waals surface area contributed by atoms with E-state index < -0.39 is 0 Å². The van der Waals surface area contributed by atoms with Crippen LogP contribution in [0.2, 0.25) is 0 Å². The van der Waals surface area contributed by atoms with Gasteiger partial charge in [0.1, 0.15) is 0 Å². The van der Waals surface area contributed by atoms with E-state index in [1.54, 1.807) is 0 Å². The quantitative estimate of drug-likeness (QED) is 0.684.